The first-order chi connectivity index (χ1) is 11.7. The Morgan fingerprint density at radius 3 is 2.64 bits per heavy atom. The lowest BCUT2D eigenvalue weighted by molar-refractivity contribution is -0.133. The van der Waals surface area contributed by atoms with Gasteiger partial charge in [-0.2, -0.15) is 8.42 Å². The summed E-state index contributed by atoms with van der Waals surface area (Å²) in [6.45, 7) is 1.73. The van der Waals surface area contributed by atoms with E-state index in [2.05, 4.69) is 11.8 Å². The number of nitrogens with one attached hydrogen (secondary N) is 1. The first-order valence-corrected chi connectivity index (χ1v) is 8.75. The molecule has 1 aromatic rings. The van der Waals surface area contributed by atoms with Gasteiger partial charge in [-0.15, -0.1) is 0 Å². The molecule has 0 saturated carbocycles. The van der Waals surface area contributed by atoms with Gasteiger partial charge in [-0.1, -0.05) is 11.8 Å². The Hall–Kier alpha value is -2.80. The minimum absolute atomic E-state index is 0.0624. The summed E-state index contributed by atoms with van der Waals surface area (Å²) < 4.78 is 40.5. The number of rotatable bonds is 1. The third-order valence-corrected chi connectivity index (χ3v) is 5.28. The van der Waals surface area contributed by atoms with Gasteiger partial charge in [-0.3, -0.25) is 9.59 Å². The smallest absolute Gasteiger partial charge is 0.326 e. The highest BCUT2D eigenvalue weighted by Gasteiger charge is 2.37. The SMILES string of the molecule is CC(=O)N1CC(C#Cc2ccc(O)c(N3CC(=O)NS3(=O)=O)c2F)C1. The van der Waals surface area contributed by atoms with E-state index in [4.69, 9.17) is 0 Å². The number of phenols is 1. The molecule has 0 aromatic heterocycles. The number of halogens is 1. The number of likely N-dealkylation sites (tertiary alicyclic amines) is 1. The van der Waals surface area contributed by atoms with Gasteiger partial charge in [0.15, 0.2) is 5.82 Å². The molecule has 0 unspecified atom stereocenters. The van der Waals surface area contributed by atoms with Gasteiger partial charge in [-0.05, 0) is 12.1 Å². The van der Waals surface area contributed by atoms with Crippen LogP contribution in [-0.4, -0.2) is 49.9 Å². The summed E-state index contributed by atoms with van der Waals surface area (Å²) in [4.78, 5) is 24.0. The van der Waals surface area contributed by atoms with E-state index >= 15 is 0 Å². The lowest BCUT2D eigenvalue weighted by Crippen LogP contribution is -2.48. The van der Waals surface area contributed by atoms with Crippen molar-refractivity contribution in [1.82, 2.24) is 9.62 Å². The van der Waals surface area contributed by atoms with Crippen molar-refractivity contribution in [3.05, 3.63) is 23.5 Å². The number of nitrogens with zero attached hydrogens (tertiary/aromatic N) is 2. The molecule has 2 amide bonds. The van der Waals surface area contributed by atoms with Crippen molar-refractivity contribution in [2.24, 2.45) is 5.92 Å². The summed E-state index contributed by atoms with van der Waals surface area (Å²) in [6.07, 6.45) is 0. The second kappa shape index (κ2) is 5.93. The average Bonchev–Trinajstić information content (AvgIpc) is 2.72. The first kappa shape index (κ1) is 17.0. The lowest BCUT2D eigenvalue weighted by atomic mass is 10.0. The molecule has 2 heterocycles. The molecule has 0 atom stereocenters. The molecule has 2 saturated heterocycles. The third-order valence-electron chi connectivity index (χ3n) is 3.90. The number of hydrogen-bond acceptors (Lipinski definition) is 5. The van der Waals surface area contributed by atoms with Crippen LogP contribution in [0.5, 0.6) is 5.75 Å². The zero-order valence-corrected chi connectivity index (χ0v) is 13.9. The lowest BCUT2D eigenvalue weighted by Gasteiger charge is -2.35. The normalized spacial score (nSPS) is 19.0. The molecule has 2 fully saturated rings. The number of amides is 2. The third kappa shape index (κ3) is 3.10. The van der Waals surface area contributed by atoms with Crippen LogP contribution in [0.3, 0.4) is 0 Å². The van der Waals surface area contributed by atoms with Crippen molar-refractivity contribution in [1.29, 1.82) is 0 Å². The highest BCUT2D eigenvalue weighted by molar-refractivity contribution is 7.92. The van der Waals surface area contributed by atoms with Crippen LogP contribution in [0.25, 0.3) is 0 Å². The summed E-state index contributed by atoms with van der Waals surface area (Å²) >= 11 is 0. The van der Waals surface area contributed by atoms with Crippen LogP contribution in [0.15, 0.2) is 12.1 Å². The van der Waals surface area contributed by atoms with Gasteiger partial charge in [0.1, 0.15) is 18.0 Å². The summed E-state index contributed by atoms with van der Waals surface area (Å²) in [5, 5.41) is 9.85. The Bertz CT molecular complexity index is 928. The zero-order valence-electron chi connectivity index (χ0n) is 13.1. The maximum atomic E-state index is 14.7. The summed E-state index contributed by atoms with van der Waals surface area (Å²) in [7, 11) is -4.25. The van der Waals surface area contributed by atoms with Crippen LogP contribution >= 0.6 is 0 Å². The maximum Gasteiger partial charge on any atom is 0.326 e. The van der Waals surface area contributed by atoms with Crippen molar-refractivity contribution in [2.45, 2.75) is 6.92 Å². The van der Waals surface area contributed by atoms with Crippen LogP contribution in [0.1, 0.15) is 12.5 Å². The number of benzene rings is 1. The Labute approximate surface area is 143 Å². The molecule has 0 spiro atoms. The van der Waals surface area contributed by atoms with E-state index in [0.29, 0.717) is 17.4 Å². The monoisotopic (exact) mass is 367 g/mol. The molecule has 3 rings (SSSR count). The second-order valence-electron chi connectivity index (χ2n) is 5.72. The van der Waals surface area contributed by atoms with Gasteiger partial charge >= 0.3 is 10.2 Å². The highest BCUT2D eigenvalue weighted by atomic mass is 32.2. The molecule has 25 heavy (non-hydrogen) atoms. The Balaban J connectivity index is 1.90. The summed E-state index contributed by atoms with van der Waals surface area (Å²) in [6, 6.07) is 2.34. The number of carbonyl (C=O) groups is 2. The Morgan fingerprint density at radius 2 is 2.08 bits per heavy atom. The van der Waals surface area contributed by atoms with Gasteiger partial charge in [0.2, 0.25) is 5.91 Å². The van der Waals surface area contributed by atoms with Crippen molar-refractivity contribution in [2.75, 3.05) is 23.9 Å². The van der Waals surface area contributed by atoms with E-state index in [-0.39, 0.29) is 17.4 Å². The molecule has 2 aliphatic heterocycles. The number of carbonyl (C=O) groups excluding carboxylic acids is 2. The van der Waals surface area contributed by atoms with E-state index in [1.807, 2.05) is 0 Å². The molecule has 0 aliphatic carbocycles. The second-order valence-corrected chi connectivity index (χ2v) is 7.32. The van der Waals surface area contributed by atoms with E-state index < -0.39 is 39.9 Å². The highest BCUT2D eigenvalue weighted by Crippen LogP contribution is 2.34. The number of phenolic OH excluding ortho intramolecular Hbond substituents is 1. The van der Waals surface area contributed by atoms with Gasteiger partial charge in [0.05, 0.1) is 11.5 Å². The molecule has 2 aliphatic rings. The molecule has 1 aromatic carbocycles. The van der Waals surface area contributed by atoms with E-state index in [1.54, 1.807) is 9.62 Å². The number of anilines is 1. The van der Waals surface area contributed by atoms with Crippen LogP contribution in [0.4, 0.5) is 10.1 Å². The van der Waals surface area contributed by atoms with Crippen molar-refractivity contribution in [3.63, 3.8) is 0 Å². The van der Waals surface area contributed by atoms with E-state index in [9.17, 15) is 27.5 Å². The molecule has 132 valence electrons. The molecule has 10 heteroatoms. The van der Waals surface area contributed by atoms with E-state index in [0.717, 1.165) is 6.07 Å². The predicted molar refractivity (Wildman–Crippen MR) is 85.1 cm³/mol. The maximum absolute atomic E-state index is 14.7. The van der Waals surface area contributed by atoms with Gasteiger partial charge < -0.3 is 10.0 Å². The Morgan fingerprint density at radius 1 is 1.40 bits per heavy atom. The molecule has 0 radical (unpaired) electrons. The van der Waals surface area contributed by atoms with E-state index in [1.165, 1.54) is 13.0 Å². The van der Waals surface area contributed by atoms with Gasteiger partial charge in [-0.25, -0.2) is 13.4 Å². The minimum Gasteiger partial charge on any atom is -0.506 e. The largest absolute Gasteiger partial charge is 0.506 e. The fourth-order valence-corrected chi connectivity index (χ4v) is 3.70. The minimum atomic E-state index is -4.25. The van der Waals surface area contributed by atoms with Crippen LogP contribution < -0.4 is 9.03 Å². The molecular weight excluding hydrogens is 353 g/mol. The Kier molecular flexibility index (Phi) is 4.04. The van der Waals surface area contributed by atoms with Gasteiger partial charge in [0, 0.05) is 20.0 Å². The number of aromatic hydroxyl groups is 1. The quantitative estimate of drug-likeness (QED) is 0.654. The molecular formula is C15H14FN3O5S. The average molecular weight is 367 g/mol. The molecule has 2 N–H and O–H groups in total. The van der Waals surface area contributed by atoms with Crippen LogP contribution in [0.2, 0.25) is 0 Å². The molecule has 8 nitrogen and oxygen atoms in total. The van der Waals surface area contributed by atoms with Crippen molar-refractivity contribution in [3.8, 4) is 17.6 Å². The predicted octanol–water partition coefficient (Wildman–Crippen LogP) is -0.458. The summed E-state index contributed by atoms with van der Waals surface area (Å²) in [5.41, 5.74) is -0.729. The molecule has 0 bridgehead atoms. The van der Waals surface area contributed by atoms with Gasteiger partial charge in [0.25, 0.3) is 5.91 Å². The van der Waals surface area contributed by atoms with Crippen LogP contribution in [-0.2, 0) is 19.8 Å². The topological polar surface area (TPSA) is 107 Å². The fourth-order valence-electron chi connectivity index (χ4n) is 2.54. The fraction of sp³-hybridized carbons (Fsp3) is 0.333. The zero-order chi connectivity index (χ0) is 18.4. The van der Waals surface area contributed by atoms with Crippen molar-refractivity contribution >= 4 is 27.7 Å². The summed E-state index contributed by atoms with van der Waals surface area (Å²) in [5.74, 6) is 2.78. The standard InChI is InChI=1S/C15H14FN3O5S/c1-9(20)18-6-10(7-18)2-3-11-4-5-12(21)15(14(11)16)19-8-13(22)17-25(19,23)24/h4-5,10,21H,6-8H2,1H3,(H,17,22). The van der Waals surface area contributed by atoms with Crippen molar-refractivity contribution < 1.29 is 27.5 Å². The van der Waals surface area contributed by atoms with Crippen LogP contribution in [0, 0.1) is 23.6 Å². The first-order valence-electron chi connectivity index (χ1n) is 7.31. The number of hydrogen-bond donors (Lipinski definition) is 2.